The molecule has 68 nitrogen and oxygen atoms in total. The number of rotatable bonds is 12. The summed E-state index contributed by atoms with van der Waals surface area (Å²) in [6.45, 7) is -5.84. The van der Waals surface area contributed by atoms with Crippen molar-refractivity contribution < 1.29 is 343 Å². The summed E-state index contributed by atoms with van der Waals surface area (Å²) >= 11 is 0. The normalized spacial score (nSPS) is 48.9. The van der Waals surface area contributed by atoms with Gasteiger partial charge in [0.1, 0.15) is 269 Å². The van der Waals surface area contributed by atoms with Gasteiger partial charge in [-0.25, -0.2) is 0 Å². The summed E-state index contributed by atoms with van der Waals surface area (Å²) in [5, 5.41) is 497. The molecule has 56 N–H and O–H groups in total. The molecule has 136 heavy (non-hydrogen) atoms. The van der Waals surface area contributed by atoms with E-state index in [1.807, 2.05) is 0 Å². The predicted molar refractivity (Wildman–Crippen MR) is 408 cm³/mol. The first-order valence-electron chi connectivity index (χ1n) is 40.4. The van der Waals surface area contributed by atoms with Crippen molar-refractivity contribution in [2.75, 3.05) is 79.3 Å². The summed E-state index contributed by atoms with van der Waals surface area (Å²) in [5.74, 6) is 0. The first-order chi connectivity index (χ1) is 63.3. The number of ether oxygens (including phenoxy) is 12. The topological polar surface area (TPSA) is 1240 Å². The second-order valence-corrected chi connectivity index (χ2v) is 30.7. The maximum Gasteiger partial charge on any atom is 0.184 e. The maximum absolute atomic E-state index is 9.12. The summed E-state index contributed by atoms with van der Waals surface area (Å²) in [6, 6.07) is 0. The Hall–Kier alpha value is -2.72. The molecule has 12 aliphatic heterocycles. The lowest BCUT2D eigenvalue weighted by Gasteiger charge is -2.37. The van der Waals surface area contributed by atoms with Gasteiger partial charge in [0.25, 0.3) is 0 Å². The van der Waals surface area contributed by atoms with Gasteiger partial charge in [-0.2, -0.15) is 0 Å². The van der Waals surface area contributed by atoms with E-state index in [1.54, 1.807) is 0 Å². The average molecular weight is 2040 g/mol. The highest BCUT2D eigenvalue weighted by atomic mass is 16.7. The molecule has 12 rings (SSSR count). The quantitative estimate of drug-likeness (QED) is 0.0863. The number of aliphatic hydroxyl groups excluding tert-OH is 56. The smallest absolute Gasteiger partial charge is 0.184 e. The van der Waals surface area contributed by atoms with Crippen LogP contribution in [0.25, 0.3) is 0 Å². The van der Waals surface area contributed by atoms with Crippen molar-refractivity contribution in [2.45, 2.75) is 344 Å². The van der Waals surface area contributed by atoms with Gasteiger partial charge in [0, 0.05) is 0 Å². The van der Waals surface area contributed by atoms with Crippen molar-refractivity contribution in [3.8, 4) is 0 Å². The van der Waals surface area contributed by atoms with E-state index in [4.69, 9.17) is 286 Å². The minimum Gasteiger partial charge on any atom is -0.394 e. The monoisotopic (exact) mass is 2040 g/mol. The average Bonchev–Trinajstić information content (AvgIpc) is 1.27. The molecular formula is C68H136O68. The Balaban J connectivity index is 0.000000742. The van der Waals surface area contributed by atoms with Crippen molar-refractivity contribution in [2.24, 2.45) is 0 Å². The third kappa shape index (κ3) is 37.0. The van der Waals surface area contributed by atoms with Crippen molar-refractivity contribution >= 4 is 0 Å². The molecule has 12 heterocycles. The minimum atomic E-state index is -1.57. The van der Waals surface area contributed by atoms with E-state index in [-0.39, 0.29) is 0 Å². The van der Waals surface area contributed by atoms with Crippen LogP contribution in [-0.4, -0.2) is 709 Å². The van der Waals surface area contributed by atoms with Crippen molar-refractivity contribution in [3.63, 3.8) is 0 Å². The molecule has 0 aromatic rings. The van der Waals surface area contributed by atoms with E-state index >= 15 is 0 Å². The number of hydrogen-bond acceptors (Lipinski definition) is 68. The molecule has 12 unspecified atom stereocenters. The summed E-state index contributed by atoms with van der Waals surface area (Å²) in [5.41, 5.74) is 0. The first-order valence-corrected chi connectivity index (χ1v) is 40.4. The zero-order chi connectivity index (χ0) is 105. The molecule has 12 aliphatic rings. The van der Waals surface area contributed by atoms with Crippen LogP contribution in [0.3, 0.4) is 0 Å². The third-order valence-corrected chi connectivity index (χ3v) is 21.0. The van der Waals surface area contributed by atoms with E-state index < -0.39 is 423 Å². The van der Waals surface area contributed by atoms with Gasteiger partial charge in [-0.3, -0.25) is 0 Å². The minimum absolute atomic E-state index is 0.407. The van der Waals surface area contributed by atoms with Crippen LogP contribution in [0.4, 0.5) is 0 Å². The van der Waals surface area contributed by atoms with E-state index in [9.17, 15) is 0 Å². The van der Waals surface area contributed by atoms with Gasteiger partial charge in [-0.15, -0.1) is 0 Å². The Bertz CT molecular complexity index is 2490. The highest BCUT2D eigenvalue weighted by molar-refractivity contribution is 4.96. The molecule has 0 amide bonds. The predicted octanol–water partition coefficient (Wildman–Crippen LogP) is -36.1. The molecule has 0 aromatic heterocycles. The fourth-order valence-corrected chi connectivity index (χ4v) is 12.2. The van der Waals surface area contributed by atoms with E-state index in [0.717, 1.165) is 0 Å². The highest BCUT2D eigenvalue weighted by Gasteiger charge is 2.52. The fraction of sp³-hybridized carbons (Fsp3) is 1.00. The standard InChI is InChI=1S/8C6H12O6.4C5H10O5/c8*7-1-2-3(8)4(9)5(10)6(11)12-2;4*6-1-2-3(7)4(8)5(9)10-2/h8*2-11H,1H2;4*2-9H,1H2/t2-,3+,4+,5+,6?;2-,3+,4+,5-,6?;2-,3+,4-,5+,6?;2-,3+,4-,5-,6?;2-,3-,4+,5+,6?;2-,3-,4+,5-,6?;2-,3-,4-,5+,6?;2-,3-,4-,5-,6?;2-,3+,4+,5?;2-,3+,4-,5?;2-,3-,4+,5?;2-,3-,4-,5?/m111111111111/s1. The molecule has 0 aromatic carbocycles. The molecule has 0 bridgehead atoms. The molecule has 56 atom stereocenters. The number of aliphatic hydroxyl groups is 56. The summed E-state index contributed by atoms with van der Waals surface area (Å²) in [6.07, 6.45) is -75.3. The fourth-order valence-electron chi connectivity index (χ4n) is 12.2. The summed E-state index contributed by atoms with van der Waals surface area (Å²) in [4.78, 5) is 0. The molecule has 12 saturated heterocycles. The Morgan fingerprint density at radius 1 is 0.0809 bits per heavy atom. The van der Waals surface area contributed by atoms with Gasteiger partial charge >= 0.3 is 0 Å². The second kappa shape index (κ2) is 63.6. The maximum atomic E-state index is 9.12. The third-order valence-electron chi connectivity index (χ3n) is 21.0. The van der Waals surface area contributed by atoms with Crippen molar-refractivity contribution in [1.29, 1.82) is 0 Å². The van der Waals surface area contributed by atoms with Crippen LogP contribution >= 0.6 is 0 Å². The SMILES string of the molecule is OC[C@H]1OC(O)[C@@H](O)[C@@H](O)[C@@H]1O.OC[C@H]1OC(O)[C@@H](O)[C@@H](O)[C@H]1O.OC[C@H]1OC(O)[C@@H](O)[C@@H]1O.OC[C@H]1OC(O)[C@@H](O)[C@H](O)[C@@H]1O.OC[C@H]1OC(O)[C@@H](O)[C@H](O)[C@H]1O.OC[C@H]1OC(O)[C@@H](O)[C@H]1O.OC[C@H]1OC(O)[C@H](O)[C@@H](O)[C@@H]1O.OC[C@H]1OC(O)[C@H](O)[C@@H](O)[C@H]1O.OC[C@H]1OC(O)[C@H](O)[C@@H]1O.OC[C@H]1OC(O)[C@H](O)[C@H](O)[C@@H]1O.OC[C@H]1OC(O)[C@H](O)[C@H](O)[C@H]1O.OC[C@H]1OC(O)[C@H](O)[C@H]1O. The molecule has 0 saturated carbocycles. The molecular weight excluding hydrogens is 1900 g/mol. The van der Waals surface area contributed by atoms with Gasteiger partial charge in [0.15, 0.2) is 75.5 Å². The molecule has 0 spiro atoms. The van der Waals surface area contributed by atoms with Gasteiger partial charge < -0.3 is 343 Å². The number of hydrogen-bond donors (Lipinski definition) is 56. The molecule has 0 radical (unpaired) electrons. The van der Waals surface area contributed by atoms with Gasteiger partial charge in [-0.1, -0.05) is 0 Å². The van der Waals surface area contributed by atoms with Crippen LogP contribution in [0.15, 0.2) is 0 Å². The van der Waals surface area contributed by atoms with Crippen LogP contribution < -0.4 is 0 Å². The zero-order valence-electron chi connectivity index (χ0n) is 70.8. The lowest BCUT2D eigenvalue weighted by molar-refractivity contribution is -0.286. The Morgan fingerprint density at radius 2 is 0.132 bits per heavy atom. The first kappa shape index (κ1) is 131. The van der Waals surface area contributed by atoms with Crippen LogP contribution in [0.2, 0.25) is 0 Å². The van der Waals surface area contributed by atoms with Crippen molar-refractivity contribution in [3.05, 3.63) is 0 Å². The highest BCUT2D eigenvalue weighted by Crippen LogP contribution is 2.29. The van der Waals surface area contributed by atoms with Crippen LogP contribution in [-0.2, 0) is 56.8 Å². The molecule has 68 heteroatoms. The lowest BCUT2D eigenvalue weighted by atomic mass is 10.00. The van der Waals surface area contributed by atoms with E-state index in [0.29, 0.717) is 0 Å². The van der Waals surface area contributed by atoms with Gasteiger partial charge in [0.2, 0.25) is 0 Å². The second-order valence-electron chi connectivity index (χ2n) is 30.7. The van der Waals surface area contributed by atoms with Crippen LogP contribution in [0.1, 0.15) is 0 Å². The van der Waals surface area contributed by atoms with Crippen molar-refractivity contribution in [1.82, 2.24) is 0 Å². The molecule has 816 valence electrons. The van der Waals surface area contributed by atoms with Crippen LogP contribution in [0.5, 0.6) is 0 Å². The Kier molecular flexibility index (Phi) is 61.4. The zero-order valence-corrected chi connectivity index (χ0v) is 70.8. The molecule has 0 aliphatic carbocycles. The van der Waals surface area contributed by atoms with E-state index in [2.05, 4.69) is 56.8 Å². The Morgan fingerprint density at radius 3 is 0.184 bits per heavy atom. The largest absolute Gasteiger partial charge is 0.394 e. The van der Waals surface area contributed by atoms with E-state index in [1.165, 1.54) is 0 Å². The summed E-state index contributed by atoms with van der Waals surface area (Å²) in [7, 11) is 0. The summed E-state index contributed by atoms with van der Waals surface area (Å²) < 4.78 is 54.8. The Labute approximate surface area is 764 Å². The molecule has 12 fully saturated rings. The van der Waals surface area contributed by atoms with Crippen LogP contribution in [0, 0.1) is 0 Å². The van der Waals surface area contributed by atoms with Gasteiger partial charge in [0.05, 0.1) is 79.3 Å². The lowest BCUT2D eigenvalue weighted by Crippen LogP contribution is -2.58. The van der Waals surface area contributed by atoms with Gasteiger partial charge in [-0.05, 0) is 0 Å².